The van der Waals surface area contributed by atoms with Crippen molar-refractivity contribution in [2.75, 3.05) is 7.11 Å². The van der Waals surface area contributed by atoms with E-state index in [-0.39, 0.29) is 11.3 Å². The number of hydrogen-bond donors (Lipinski definition) is 2. The fraction of sp³-hybridized carbons (Fsp3) is 0.417. The quantitative estimate of drug-likeness (QED) is 0.786. The number of methoxy groups -OCH3 is 1. The van der Waals surface area contributed by atoms with Gasteiger partial charge in [-0.2, -0.15) is 4.72 Å². The lowest BCUT2D eigenvalue weighted by atomic mass is 10.2. The highest BCUT2D eigenvalue weighted by Gasteiger charge is 2.24. The number of carbonyl (C=O) groups is 1. The molecule has 0 amide bonds. The summed E-state index contributed by atoms with van der Waals surface area (Å²) in [5.41, 5.74) is 0. The second kappa shape index (κ2) is 6.53. The maximum atomic E-state index is 12.0. The van der Waals surface area contributed by atoms with Gasteiger partial charge in [-0.1, -0.05) is 13.3 Å². The average molecular weight is 287 g/mol. The summed E-state index contributed by atoms with van der Waals surface area (Å²) in [4.78, 5) is 11.0. The highest BCUT2D eigenvalue weighted by atomic mass is 32.2. The first-order valence-electron chi connectivity index (χ1n) is 5.80. The Hall–Kier alpha value is -1.60. The number of ether oxygens (including phenoxy) is 1. The van der Waals surface area contributed by atoms with Gasteiger partial charge >= 0.3 is 5.97 Å². The van der Waals surface area contributed by atoms with Crippen molar-refractivity contribution >= 4 is 16.0 Å². The molecule has 0 radical (unpaired) electrons. The molecule has 106 valence electrons. The summed E-state index contributed by atoms with van der Waals surface area (Å²) in [6.45, 7) is 1.79. The summed E-state index contributed by atoms with van der Waals surface area (Å²) in [7, 11) is -2.36. The van der Waals surface area contributed by atoms with Crippen molar-refractivity contribution in [1.82, 2.24) is 4.72 Å². The molecule has 0 aliphatic rings. The molecule has 0 bridgehead atoms. The Morgan fingerprint density at radius 2 is 1.95 bits per heavy atom. The van der Waals surface area contributed by atoms with Crippen molar-refractivity contribution in [2.45, 2.75) is 30.7 Å². The van der Waals surface area contributed by atoms with E-state index in [0.29, 0.717) is 12.2 Å². The van der Waals surface area contributed by atoms with Crippen molar-refractivity contribution in [3.05, 3.63) is 24.3 Å². The van der Waals surface area contributed by atoms with Crippen molar-refractivity contribution < 1.29 is 23.1 Å². The fourth-order valence-corrected chi connectivity index (χ4v) is 2.76. The van der Waals surface area contributed by atoms with Gasteiger partial charge in [0.25, 0.3) is 0 Å². The summed E-state index contributed by atoms with van der Waals surface area (Å²) >= 11 is 0. The van der Waals surface area contributed by atoms with Gasteiger partial charge in [0.15, 0.2) is 0 Å². The van der Waals surface area contributed by atoms with Gasteiger partial charge in [-0.3, -0.25) is 4.79 Å². The number of nitrogens with one attached hydrogen (secondary N) is 1. The monoisotopic (exact) mass is 287 g/mol. The molecule has 7 heteroatoms. The standard InChI is InChI=1S/C12H17NO5S/c1-3-4-11(12(14)15)13-19(16,17)10-7-5-9(18-2)6-8-10/h5-8,11,13H,3-4H2,1-2H3,(H,14,15)/t11-/m0/s1. The Balaban J connectivity index is 2.92. The van der Waals surface area contributed by atoms with Crippen LogP contribution in [0.4, 0.5) is 0 Å². The molecule has 0 aromatic heterocycles. The SMILES string of the molecule is CCC[C@H](NS(=O)(=O)c1ccc(OC)cc1)C(=O)O. The van der Waals surface area contributed by atoms with Crippen LogP contribution in [0.2, 0.25) is 0 Å². The van der Waals surface area contributed by atoms with E-state index < -0.39 is 22.0 Å². The molecule has 0 aliphatic carbocycles. The maximum Gasteiger partial charge on any atom is 0.321 e. The second-order valence-electron chi connectivity index (χ2n) is 3.98. The Labute approximate surface area is 112 Å². The van der Waals surface area contributed by atoms with Gasteiger partial charge < -0.3 is 9.84 Å². The van der Waals surface area contributed by atoms with Crippen LogP contribution < -0.4 is 9.46 Å². The highest BCUT2D eigenvalue weighted by molar-refractivity contribution is 7.89. The van der Waals surface area contributed by atoms with E-state index in [1.165, 1.54) is 31.4 Å². The largest absolute Gasteiger partial charge is 0.497 e. The lowest BCUT2D eigenvalue weighted by Gasteiger charge is -2.14. The predicted octanol–water partition coefficient (Wildman–Crippen LogP) is 1.23. The van der Waals surface area contributed by atoms with Crippen LogP contribution in [0.25, 0.3) is 0 Å². The molecule has 1 rings (SSSR count). The minimum atomic E-state index is -3.84. The molecule has 0 aliphatic heterocycles. The molecular formula is C12H17NO5S. The number of sulfonamides is 1. The number of benzene rings is 1. The lowest BCUT2D eigenvalue weighted by molar-refractivity contribution is -0.139. The van der Waals surface area contributed by atoms with Crippen LogP contribution in [0.3, 0.4) is 0 Å². The summed E-state index contributed by atoms with van der Waals surface area (Å²) in [5.74, 6) is -0.652. The maximum absolute atomic E-state index is 12.0. The zero-order chi connectivity index (χ0) is 14.5. The van der Waals surface area contributed by atoms with E-state index in [1.807, 2.05) is 0 Å². The van der Waals surface area contributed by atoms with Gasteiger partial charge in [0, 0.05) is 0 Å². The van der Waals surface area contributed by atoms with Gasteiger partial charge in [0.2, 0.25) is 10.0 Å². The van der Waals surface area contributed by atoms with Crippen LogP contribution in [0, 0.1) is 0 Å². The average Bonchev–Trinajstić information content (AvgIpc) is 2.38. The van der Waals surface area contributed by atoms with Gasteiger partial charge in [-0.15, -0.1) is 0 Å². The number of carboxylic acid groups (broad SMARTS) is 1. The molecule has 0 saturated carbocycles. The molecule has 0 saturated heterocycles. The van der Waals surface area contributed by atoms with Gasteiger partial charge in [-0.25, -0.2) is 8.42 Å². The van der Waals surface area contributed by atoms with Crippen LogP contribution >= 0.6 is 0 Å². The fourth-order valence-electron chi connectivity index (χ4n) is 1.53. The Morgan fingerprint density at radius 3 is 2.37 bits per heavy atom. The molecule has 19 heavy (non-hydrogen) atoms. The van der Waals surface area contributed by atoms with E-state index >= 15 is 0 Å². The van der Waals surface area contributed by atoms with Crippen molar-refractivity contribution in [2.24, 2.45) is 0 Å². The minimum Gasteiger partial charge on any atom is -0.497 e. The number of carboxylic acids is 1. The topological polar surface area (TPSA) is 92.7 Å². The van der Waals surface area contributed by atoms with Crippen molar-refractivity contribution in [3.63, 3.8) is 0 Å². The molecule has 0 fully saturated rings. The van der Waals surface area contributed by atoms with Crippen LogP contribution in [-0.4, -0.2) is 32.6 Å². The molecule has 1 aromatic rings. The first kappa shape index (κ1) is 15.5. The molecule has 6 nitrogen and oxygen atoms in total. The van der Waals surface area contributed by atoms with Crippen molar-refractivity contribution in [1.29, 1.82) is 0 Å². The third kappa shape index (κ3) is 4.22. The first-order valence-corrected chi connectivity index (χ1v) is 7.28. The minimum absolute atomic E-state index is 0.00986. The second-order valence-corrected chi connectivity index (χ2v) is 5.69. The lowest BCUT2D eigenvalue weighted by Crippen LogP contribution is -2.40. The van der Waals surface area contributed by atoms with Gasteiger partial charge in [0.1, 0.15) is 11.8 Å². The molecule has 0 unspecified atom stereocenters. The van der Waals surface area contributed by atoms with Crippen LogP contribution in [0.15, 0.2) is 29.2 Å². The summed E-state index contributed by atoms with van der Waals surface area (Å²) in [5, 5.41) is 8.95. The number of rotatable bonds is 7. The van der Waals surface area contributed by atoms with Gasteiger partial charge in [0.05, 0.1) is 12.0 Å². The Kier molecular flexibility index (Phi) is 5.31. The first-order chi connectivity index (χ1) is 8.90. The zero-order valence-corrected chi connectivity index (χ0v) is 11.6. The van der Waals surface area contributed by atoms with Crippen LogP contribution in [0.1, 0.15) is 19.8 Å². The number of hydrogen-bond acceptors (Lipinski definition) is 4. The molecule has 2 N–H and O–H groups in total. The Morgan fingerprint density at radius 1 is 1.37 bits per heavy atom. The molecule has 1 atom stereocenters. The zero-order valence-electron chi connectivity index (χ0n) is 10.8. The third-order valence-corrected chi connectivity index (χ3v) is 4.03. The van der Waals surface area contributed by atoms with Crippen LogP contribution in [-0.2, 0) is 14.8 Å². The highest BCUT2D eigenvalue weighted by Crippen LogP contribution is 2.16. The van der Waals surface area contributed by atoms with Crippen molar-refractivity contribution in [3.8, 4) is 5.75 Å². The van der Waals surface area contributed by atoms with E-state index in [1.54, 1.807) is 6.92 Å². The summed E-state index contributed by atoms with van der Waals surface area (Å²) in [6.07, 6.45) is 0.812. The van der Waals surface area contributed by atoms with E-state index in [4.69, 9.17) is 9.84 Å². The summed E-state index contributed by atoms with van der Waals surface area (Å²) < 4.78 is 31.1. The predicted molar refractivity (Wildman–Crippen MR) is 69.6 cm³/mol. The smallest absolute Gasteiger partial charge is 0.321 e. The van der Waals surface area contributed by atoms with E-state index in [0.717, 1.165) is 0 Å². The van der Waals surface area contributed by atoms with E-state index in [2.05, 4.69) is 4.72 Å². The normalized spacial score (nSPS) is 12.9. The third-order valence-electron chi connectivity index (χ3n) is 2.54. The van der Waals surface area contributed by atoms with Gasteiger partial charge in [-0.05, 0) is 30.7 Å². The summed E-state index contributed by atoms with van der Waals surface area (Å²) in [6, 6.07) is 4.63. The molecule has 0 spiro atoms. The number of aliphatic carboxylic acids is 1. The Bertz CT molecular complexity index is 524. The molecular weight excluding hydrogens is 270 g/mol. The van der Waals surface area contributed by atoms with Crippen LogP contribution in [0.5, 0.6) is 5.75 Å². The van der Waals surface area contributed by atoms with E-state index in [9.17, 15) is 13.2 Å². The molecule has 1 aromatic carbocycles. The molecule has 0 heterocycles.